The average Bonchev–Trinajstić information content (AvgIpc) is 2.27. The van der Waals surface area contributed by atoms with Crippen molar-refractivity contribution in [2.75, 3.05) is 7.11 Å². The van der Waals surface area contributed by atoms with Crippen LogP contribution in [0, 0.1) is 5.82 Å². The Bertz CT molecular complexity index is 583. The zero-order valence-corrected chi connectivity index (χ0v) is 9.11. The maximum absolute atomic E-state index is 13.1. The Kier molecular flexibility index (Phi) is 2.91. The van der Waals surface area contributed by atoms with Crippen molar-refractivity contribution in [3.8, 4) is 5.75 Å². The summed E-state index contributed by atoms with van der Waals surface area (Å²) < 4.78 is 18.2. The van der Waals surface area contributed by atoms with Gasteiger partial charge in [-0.3, -0.25) is 9.78 Å². The molecule has 0 spiro atoms. The molecule has 2 aromatic rings. The highest BCUT2D eigenvalue weighted by molar-refractivity contribution is 5.86. The van der Waals surface area contributed by atoms with Crippen LogP contribution in [0.2, 0.25) is 0 Å². The van der Waals surface area contributed by atoms with Crippen LogP contribution >= 0.6 is 0 Å². The number of ether oxygens (including phenoxy) is 1. The summed E-state index contributed by atoms with van der Waals surface area (Å²) in [5.41, 5.74) is 0.899. The topological polar surface area (TPSA) is 59.4 Å². The fourth-order valence-electron chi connectivity index (χ4n) is 1.63. The van der Waals surface area contributed by atoms with Crippen molar-refractivity contribution in [3.05, 3.63) is 35.8 Å². The normalized spacial score (nSPS) is 10.5. The van der Waals surface area contributed by atoms with E-state index in [0.717, 1.165) is 0 Å². The highest BCUT2D eigenvalue weighted by Crippen LogP contribution is 2.26. The Balaban J connectivity index is 2.61. The Morgan fingerprint density at radius 3 is 2.88 bits per heavy atom. The van der Waals surface area contributed by atoms with Gasteiger partial charge in [0.2, 0.25) is 0 Å². The highest BCUT2D eigenvalue weighted by Gasteiger charge is 2.09. The third kappa shape index (κ3) is 2.33. The number of aliphatic carboxylic acids is 1. The Hall–Kier alpha value is -2.17. The Morgan fingerprint density at radius 1 is 1.47 bits per heavy atom. The first-order chi connectivity index (χ1) is 8.10. The number of carboxylic acids is 1. The molecule has 0 fully saturated rings. The molecule has 0 saturated carbocycles. The molecule has 0 radical (unpaired) electrons. The molecule has 2 rings (SSSR count). The molecule has 17 heavy (non-hydrogen) atoms. The summed E-state index contributed by atoms with van der Waals surface area (Å²) >= 11 is 0. The predicted molar refractivity (Wildman–Crippen MR) is 59.6 cm³/mol. The third-order valence-electron chi connectivity index (χ3n) is 2.34. The minimum Gasteiger partial charge on any atom is -0.496 e. The van der Waals surface area contributed by atoms with Crippen LogP contribution in [0.4, 0.5) is 4.39 Å². The van der Waals surface area contributed by atoms with Crippen molar-refractivity contribution in [3.63, 3.8) is 0 Å². The molecule has 0 aliphatic carbocycles. The average molecular weight is 235 g/mol. The lowest BCUT2D eigenvalue weighted by molar-refractivity contribution is -0.136. The summed E-state index contributed by atoms with van der Waals surface area (Å²) in [5, 5.41) is 9.24. The van der Waals surface area contributed by atoms with Gasteiger partial charge in [0.15, 0.2) is 0 Å². The molecule has 5 heteroatoms. The van der Waals surface area contributed by atoms with Crippen molar-refractivity contribution < 1.29 is 19.0 Å². The first-order valence-electron chi connectivity index (χ1n) is 4.95. The van der Waals surface area contributed by atoms with Crippen LogP contribution in [-0.4, -0.2) is 23.2 Å². The number of benzene rings is 1. The van der Waals surface area contributed by atoms with Crippen molar-refractivity contribution in [1.82, 2.24) is 4.98 Å². The zero-order chi connectivity index (χ0) is 12.4. The van der Waals surface area contributed by atoms with Crippen LogP contribution in [0.15, 0.2) is 24.3 Å². The van der Waals surface area contributed by atoms with E-state index in [0.29, 0.717) is 22.3 Å². The maximum atomic E-state index is 13.1. The molecule has 0 bridgehead atoms. The van der Waals surface area contributed by atoms with Crippen molar-refractivity contribution in [2.24, 2.45) is 0 Å². The molecule has 0 atom stereocenters. The van der Waals surface area contributed by atoms with E-state index in [-0.39, 0.29) is 12.2 Å². The summed E-state index contributed by atoms with van der Waals surface area (Å²) in [6, 6.07) is 5.60. The molecule has 0 unspecified atom stereocenters. The second-order valence-corrected chi connectivity index (χ2v) is 3.55. The molecule has 1 heterocycles. The zero-order valence-electron chi connectivity index (χ0n) is 9.11. The number of fused-ring (bicyclic) bond motifs is 1. The van der Waals surface area contributed by atoms with E-state index in [4.69, 9.17) is 9.84 Å². The molecular formula is C12H10FNO3. The lowest BCUT2D eigenvalue weighted by Gasteiger charge is -2.07. The van der Waals surface area contributed by atoms with Gasteiger partial charge in [0.1, 0.15) is 11.6 Å². The van der Waals surface area contributed by atoms with Gasteiger partial charge < -0.3 is 9.84 Å². The standard InChI is InChI=1S/C12H10FNO3/c1-17-11-5-8(6-12(15)16)14-10-3-2-7(13)4-9(10)11/h2-5H,6H2,1H3,(H,15,16). The van der Waals surface area contributed by atoms with Gasteiger partial charge in [-0.1, -0.05) is 0 Å². The highest BCUT2D eigenvalue weighted by atomic mass is 19.1. The fraction of sp³-hybridized carbons (Fsp3) is 0.167. The van der Waals surface area contributed by atoms with E-state index >= 15 is 0 Å². The molecule has 1 aromatic heterocycles. The summed E-state index contributed by atoms with van der Waals surface area (Å²) in [6.45, 7) is 0. The van der Waals surface area contributed by atoms with Gasteiger partial charge in [0.25, 0.3) is 0 Å². The van der Waals surface area contributed by atoms with Crippen LogP contribution < -0.4 is 4.74 Å². The van der Waals surface area contributed by atoms with Crippen LogP contribution in [0.1, 0.15) is 5.69 Å². The first kappa shape index (κ1) is 11.3. The number of pyridine rings is 1. The van der Waals surface area contributed by atoms with E-state index in [1.165, 1.54) is 31.4 Å². The van der Waals surface area contributed by atoms with Crippen LogP contribution in [0.5, 0.6) is 5.75 Å². The third-order valence-corrected chi connectivity index (χ3v) is 2.34. The maximum Gasteiger partial charge on any atom is 0.309 e. The molecule has 0 saturated heterocycles. The minimum absolute atomic E-state index is 0.191. The van der Waals surface area contributed by atoms with Crippen molar-refractivity contribution in [2.45, 2.75) is 6.42 Å². The summed E-state index contributed by atoms with van der Waals surface area (Å²) in [4.78, 5) is 14.8. The van der Waals surface area contributed by atoms with E-state index in [9.17, 15) is 9.18 Å². The van der Waals surface area contributed by atoms with E-state index in [1.807, 2.05) is 0 Å². The fourth-order valence-corrected chi connectivity index (χ4v) is 1.63. The number of aromatic nitrogens is 1. The summed E-state index contributed by atoms with van der Waals surface area (Å²) in [7, 11) is 1.45. The van der Waals surface area contributed by atoms with Crippen LogP contribution in [-0.2, 0) is 11.2 Å². The SMILES string of the molecule is COc1cc(CC(=O)O)nc2ccc(F)cc12. The number of methoxy groups -OCH3 is 1. The van der Waals surface area contributed by atoms with Gasteiger partial charge >= 0.3 is 5.97 Å². The number of nitrogens with zero attached hydrogens (tertiary/aromatic N) is 1. The molecule has 88 valence electrons. The number of hydrogen-bond acceptors (Lipinski definition) is 3. The number of halogens is 1. The van der Waals surface area contributed by atoms with Gasteiger partial charge in [0.05, 0.1) is 24.7 Å². The van der Waals surface area contributed by atoms with Crippen LogP contribution in [0.25, 0.3) is 10.9 Å². The summed E-state index contributed by atoms with van der Waals surface area (Å²) in [6.07, 6.45) is -0.191. The minimum atomic E-state index is -0.971. The van der Waals surface area contributed by atoms with E-state index in [1.54, 1.807) is 0 Å². The smallest absolute Gasteiger partial charge is 0.309 e. The molecule has 1 N–H and O–H groups in total. The number of carboxylic acid groups (broad SMARTS) is 1. The number of carbonyl (C=O) groups is 1. The van der Waals surface area contributed by atoms with Gasteiger partial charge in [-0.2, -0.15) is 0 Å². The van der Waals surface area contributed by atoms with Gasteiger partial charge in [-0.25, -0.2) is 4.39 Å². The molecule has 0 aliphatic heterocycles. The molecule has 4 nitrogen and oxygen atoms in total. The monoisotopic (exact) mass is 235 g/mol. The second kappa shape index (κ2) is 4.37. The Morgan fingerprint density at radius 2 is 2.24 bits per heavy atom. The van der Waals surface area contributed by atoms with E-state index < -0.39 is 5.97 Å². The lowest BCUT2D eigenvalue weighted by Crippen LogP contribution is -2.03. The molecule has 0 aliphatic rings. The molecule has 1 aromatic carbocycles. The van der Waals surface area contributed by atoms with Crippen molar-refractivity contribution in [1.29, 1.82) is 0 Å². The van der Waals surface area contributed by atoms with Crippen molar-refractivity contribution >= 4 is 16.9 Å². The van der Waals surface area contributed by atoms with E-state index in [2.05, 4.69) is 4.98 Å². The molecule has 0 amide bonds. The van der Waals surface area contributed by atoms with Gasteiger partial charge in [0, 0.05) is 11.5 Å². The second-order valence-electron chi connectivity index (χ2n) is 3.55. The number of hydrogen-bond donors (Lipinski definition) is 1. The van der Waals surface area contributed by atoms with Gasteiger partial charge in [-0.15, -0.1) is 0 Å². The number of rotatable bonds is 3. The summed E-state index contributed by atoms with van der Waals surface area (Å²) in [5.74, 6) is -0.935. The Labute approximate surface area is 96.7 Å². The predicted octanol–water partition coefficient (Wildman–Crippen LogP) is 2.01. The largest absolute Gasteiger partial charge is 0.496 e. The lowest BCUT2D eigenvalue weighted by atomic mass is 10.1. The van der Waals surface area contributed by atoms with Gasteiger partial charge in [-0.05, 0) is 18.2 Å². The quantitative estimate of drug-likeness (QED) is 0.884. The molecular weight excluding hydrogens is 225 g/mol. The first-order valence-corrected chi connectivity index (χ1v) is 4.95. The van der Waals surface area contributed by atoms with Crippen LogP contribution in [0.3, 0.4) is 0 Å².